The molecule has 4 heteroatoms. The zero-order chi connectivity index (χ0) is 13.9. The van der Waals surface area contributed by atoms with E-state index in [4.69, 9.17) is 5.26 Å². The maximum atomic E-state index is 9.15. The molecule has 0 radical (unpaired) electrons. The molecule has 0 spiro atoms. The van der Waals surface area contributed by atoms with Crippen LogP contribution in [0.5, 0.6) is 0 Å². The number of rotatable bonds is 3. The molecule has 1 aromatic carbocycles. The number of fused-ring (bicyclic) bond motifs is 1. The fraction of sp³-hybridized carbons (Fsp3) is 0.375. The lowest BCUT2D eigenvalue weighted by Crippen LogP contribution is -2.30. The van der Waals surface area contributed by atoms with E-state index in [1.807, 2.05) is 18.2 Å². The van der Waals surface area contributed by atoms with E-state index >= 15 is 0 Å². The molecule has 20 heavy (non-hydrogen) atoms. The molecule has 0 unspecified atom stereocenters. The SMILES string of the molecule is CCCN1CCC=C(c2n[nH]c3c(C#N)cccc23)C1. The van der Waals surface area contributed by atoms with Gasteiger partial charge in [-0.2, -0.15) is 10.4 Å². The summed E-state index contributed by atoms with van der Waals surface area (Å²) in [5.41, 5.74) is 3.77. The minimum absolute atomic E-state index is 0.656. The second-order valence-corrected chi connectivity index (χ2v) is 5.21. The average molecular weight is 266 g/mol. The van der Waals surface area contributed by atoms with Crippen LogP contribution in [0.1, 0.15) is 31.0 Å². The number of benzene rings is 1. The molecule has 3 rings (SSSR count). The van der Waals surface area contributed by atoms with Gasteiger partial charge in [0.15, 0.2) is 0 Å². The molecule has 2 heterocycles. The standard InChI is InChI=1S/C16H18N4/c1-2-8-20-9-4-6-13(11-20)16-14-7-3-5-12(10-17)15(14)18-19-16/h3,5-7H,2,4,8-9,11H2,1H3,(H,18,19). The summed E-state index contributed by atoms with van der Waals surface area (Å²) < 4.78 is 0. The first-order valence-electron chi connectivity index (χ1n) is 7.12. The summed E-state index contributed by atoms with van der Waals surface area (Å²) in [6, 6.07) is 8.00. The Hall–Kier alpha value is -2.12. The van der Waals surface area contributed by atoms with Crippen LogP contribution < -0.4 is 0 Å². The second-order valence-electron chi connectivity index (χ2n) is 5.21. The molecule has 102 valence electrons. The van der Waals surface area contributed by atoms with Crippen LogP contribution >= 0.6 is 0 Å². The highest BCUT2D eigenvalue weighted by atomic mass is 15.1. The molecular weight excluding hydrogens is 248 g/mol. The Kier molecular flexibility index (Phi) is 3.53. The van der Waals surface area contributed by atoms with Gasteiger partial charge in [0.05, 0.1) is 16.8 Å². The second kappa shape index (κ2) is 5.48. The van der Waals surface area contributed by atoms with Crippen LogP contribution in [-0.4, -0.2) is 34.7 Å². The van der Waals surface area contributed by atoms with Crippen LogP contribution in [0.25, 0.3) is 16.5 Å². The number of aromatic nitrogens is 2. The van der Waals surface area contributed by atoms with Gasteiger partial charge < -0.3 is 0 Å². The molecule has 0 aliphatic carbocycles. The van der Waals surface area contributed by atoms with E-state index in [1.165, 1.54) is 12.0 Å². The van der Waals surface area contributed by atoms with Crippen molar-refractivity contribution in [3.05, 3.63) is 35.5 Å². The zero-order valence-electron chi connectivity index (χ0n) is 11.7. The van der Waals surface area contributed by atoms with E-state index in [9.17, 15) is 0 Å². The lowest BCUT2D eigenvalue weighted by molar-refractivity contribution is 0.305. The van der Waals surface area contributed by atoms with Gasteiger partial charge in [-0.15, -0.1) is 0 Å². The van der Waals surface area contributed by atoms with E-state index in [-0.39, 0.29) is 0 Å². The predicted molar refractivity (Wildman–Crippen MR) is 80.1 cm³/mol. The number of hydrogen-bond acceptors (Lipinski definition) is 3. The third-order valence-corrected chi connectivity index (χ3v) is 3.79. The molecule has 1 aromatic heterocycles. The fourth-order valence-corrected chi connectivity index (χ4v) is 2.86. The maximum absolute atomic E-state index is 9.15. The minimum atomic E-state index is 0.656. The topological polar surface area (TPSA) is 55.7 Å². The summed E-state index contributed by atoms with van der Waals surface area (Å²) in [5.74, 6) is 0. The number of nitriles is 1. The lowest BCUT2D eigenvalue weighted by Gasteiger charge is -2.26. The molecule has 0 atom stereocenters. The van der Waals surface area contributed by atoms with Crippen molar-refractivity contribution < 1.29 is 0 Å². The van der Waals surface area contributed by atoms with Crippen LogP contribution in [0, 0.1) is 11.3 Å². The van der Waals surface area contributed by atoms with E-state index < -0.39 is 0 Å². The summed E-state index contributed by atoms with van der Waals surface area (Å²) in [7, 11) is 0. The molecule has 0 saturated carbocycles. The number of para-hydroxylation sites is 1. The van der Waals surface area contributed by atoms with Crippen LogP contribution in [-0.2, 0) is 0 Å². The molecule has 2 aromatic rings. The Bertz CT molecular complexity index is 690. The number of H-pyrrole nitrogens is 1. The van der Waals surface area contributed by atoms with E-state index in [2.05, 4.69) is 34.2 Å². The Morgan fingerprint density at radius 1 is 1.45 bits per heavy atom. The fourth-order valence-electron chi connectivity index (χ4n) is 2.86. The highest BCUT2D eigenvalue weighted by Crippen LogP contribution is 2.27. The monoisotopic (exact) mass is 266 g/mol. The Morgan fingerprint density at radius 3 is 3.15 bits per heavy atom. The van der Waals surface area contributed by atoms with Crippen LogP contribution in [0.15, 0.2) is 24.3 Å². The van der Waals surface area contributed by atoms with Gasteiger partial charge in [-0.1, -0.05) is 25.1 Å². The van der Waals surface area contributed by atoms with Gasteiger partial charge in [-0.05, 0) is 31.0 Å². The molecule has 0 bridgehead atoms. The summed E-state index contributed by atoms with van der Waals surface area (Å²) in [6.45, 7) is 5.41. The molecule has 0 fully saturated rings. The first kappa shape index (κ1) is 12.9. The minimum Gasteiger partial charge on any atom is -0.299 e. The van der Waals surface area contributed by atoms with Gasteiger partial charge in [0.25, 0.3) is 0 Å². The van der Waals surface area contributed by atoms with Crippen molar-refractivity contribution in [2.24, 2.45) is 0 Å². The number of aromatic amines is 1. The average Bonchev–Trinajstić information content (AvgIpc) is 2.92. The van der Waals surface area contributed by atoms with Gasteiger partial charge in [-0.3, -0.25) is 10.00 Å². The van der Waals surface area contributed by atoms with Crippen molar-refractivity contribution in [3.63, 3.8) is 0 Å². The number of nitrogens with zero attached hydrogens (tertiary/aromatic N) is 3. The van der Waals surface area contributed by atoms with E-state index in [1.54, 1.807) is 0 Å². The smallest absolute Gasteiger partial charge is 0.101 e. The van der Waals surface area contributed by atoms with Gasteiger partial charge in [-0.25, -0.2) is 0 Å². The highest BCUT2D eigenvalue weighted by molar-refractivity contribution is 5.93. The number of nitrogens with one attached hydrogen (secondary N) is 1. The molecule has 0 saturated heterocycles. The summed E-state index contributed by atoms with van der Waals surface area (Å²) in [6.07, 6.45) is 4.52. The van der Waals surface area contributed by atoms with Gasteiger partial charge >= 0.3 is 0 Å². The van der Waals surface area contributed by atoms with Crippen molar-refractivity contribution in [1.82, 2.24) is 15.1 Å². The molecule has 4 nitrogen and oxygen atoms in total. The largest absolute Gasteiger partial charge is 0.299 e. The third-order valence-electron chi connectivity index (χ3n) is 3.79. The normalized spacial score (nSPS) is 16.1. The van der Waals surface area contributed by atoms with Gasteiger partial charge in [0, 0.05) is 18.5 Å². The van der Waals surface area contributed by atoms with Crippen molar-refractivity contribution in [1.29, 1.82) is 5.26 Å². The van der Waals surface area contributed by atoms with Crippen LogP contribution in [0.3, 0.4) is 0 Å². The van der Waals surface area contributed by atoms with Crippen LogP contribution in [0.4, 0.5) is 0 Å². The molecule has 1 aliphatic rings. The third kappa shape index (κ3) is 2.21. The lowest BCUT2D eigenvalue weighted by atomic mass is 10.0. The molecule has 1 N–H and O–H groups in total. The van der Waals surface area contributed by atoms with E-state index in [0.29, 0.717) is 5.56 Å². The van der Waals surface area contributed by atoms with Crippen molar-refractivity contribution in [2.75, 3.05) is 19.6 Å². The van der Waals surface area contributed by atoms with Crippen molar-refractivity contribution >= 4 is 16.5 Å². The molecule has 0 amide bonds. The van der Waals surface area contributed by atoms with Crippen molar-refractivity contribution in [3.8, 4) is 6.07 Å². The first-order chi connectivity index (χ1) is 9.83. The maximum Gasteiger partial charge on any atom is 0.101 e. The van der Waals surface area contributed by atoms with Crippen molar-refractivity contribution in [2.45, 2.75) is 19.8 Å². The predicted octanol–water partition coefficient (Wildman–Crippen LogP) is 2.93. The molecule has 1 aliphatic heterocycles. The zero-order valence-corrected chi connectivity index (χ0v) is 11.7. The quantitative estimate of drug-likeness (QED) is 0.929. The van der Waals surface area contributed by atoms with Gasteiger partial charge in [0.2, 0.25) is 0 Å². The van der Waals surface area contributed by atoms with Crippen LogP contribution in [0.2, 0.25) is 0 Å². The summed E-state index contributed by atoms with van der Waals surface area (Å²) in [5, 5.41) is 17.7. The Labute approximate surface area is 118 Å². The Morgan fingerprint density at radius 2 is 2.35 bits per heavy atom. The van der Waals surface area contributed by atoms with E-state index in [0.717, 1.165) is 42.7 Å². The Balaban J connectivity index is 1.99. The highest BCUT2D eigenvalue weighted by Gasteiger charge is 2.18. The molecular formula is C16H18N4. The first-order valence-corrected chi connectivity index (χ1v) is 7.12. The summed E-state index contributed by atoms with van der Waals surface area (Å²) in [4.78, 5) is 2.46. The summed E-state index contributed by atoms with van der Waals surface area (Å²) >= 11 is 0. The number of hydrogen-bond donors (Lipinski definition) is 1. The van der Waals surface area contributed by atoms with Gasteiger partial charge in [0.1, 0.15) is 6.07 Å².